The van der Waals surface area contributed by atoms with Gasteiger partial charge in [0.15, 0.2) is 0 Å². The maximum Gasteiger partial charge on any atom is 0.259 e. The van der Waals surface area contributed by atoms with E-state index in [2.05, 4.69) is 5.32 Å². The molecule has 1 aliphatic carbocycles. The molecule has 0 radical (unpaired) electrons. The average molecular weight is 504 g/mol. The number of amides is 3. The van der Waals surface area contributed by atoms with Gasteiger partial charge in [-0.25, -0.2) is 0 Å². The molecular formula is C29H30ClN3O3. The standard InChI is InChI=1S/C29H30ClN3O3/c1-19(28(35)31-22-12-3-2-4-13-22)32(17-21-9-5-6-15-24(21)30)26(34)18-33-25-16-8-11-20-10-7-14-23(27(20)25)29(33)36/h5-11,14-16,19,22H,2-4,12-13,17-18H2,1H3,(H,31,35)/t19-/m0/s1. The van der Waals surface area contributed by atoms with Crippen LogP contribution >= 0.6 is 11.6 Å². The molecule has 186 valence electrons. The Morgan fingerprint density at radius 2 is 1.75 bits per heavy atom. The number of carbonyl (C=O) groups excluding carboxylic acids is 3. The van der Waals surface area contributed by atoms with Gasteiger partial charge in [0.05, 0.1) is 5.69 Å². The maximum atomic E-state index is 13.8. The molecule has 0 spiro atoms. The second-order valence-corrected chi connectivity index (χ2v) is 10.1. The van der Waals surface area contributed by atoms with Crippen LogP contribution in [0.2, 0.25) is 5.02 Å². The number of halogens is 1. The Bertz CT molecular complexity index is 1310. The molecule has 6 nitrogen and oxygen atoms in total. The second-order valence-electron chi connectivity index (χ2n) is 9.70. The van der Waals surface area contributed by atoms with E-state index in [0.717, 1.165) is 47.7 Å². The van der Waals surface area contributed by atoms with Gasteiger partial charge in [0.25, 0.3) is 5.91 Å². The summed E-state index contributed by atoms with van der Waals surface area (Å²) >= 11 is 6.42. The Kier molecular flexibility index (Phi) is 6.97. The predicted octanol–water partition coefficient (Wildman–Crippen LogP) is 5.32. The number of hydrogen-bond acceptors (Lipinski definition) is 3. The van der Waals surface area contributed by atoms with Gasteiger partial charge in [-0.05, 0) is 48.9 Å². The first-order valence-electron chi connectivity index (χ1n) is 12.6. The molecule has 7 heteroatoms. The van der Waals surface area contributed by atoms with Crippen molar-refractivity contribution in [3.63, 3.8) is 0 Å². The molecule has 0 aromatic heterocycles. The van der Waals surface area contributed by atoms with Crippen LogP contribution in [0.25, 0.3) is 10.8 Å². The van der Waals surface area contributed by atoms with Crippen molar-refractivity contribution in [1.29, 1.82) is 0 Å². The smallest absolute Gasteiger partial charge is 0.259 e. The third kappa shape index (κ3) is 4.70. The van der Waals surface area contributed by atoms with Crippen LogP contribution in [0.1, 0.15) is 54.9 Å². The fourth-order valence-corrected chi connectivity index (χ4v) is 5.52. The highest BCUT2D eigenvalue weighted by atomic mass is 35.5. The van der Waals surface area contributed by atoms with E-state index in [9.17, 15) is 14.4 Å². The molecule has 2 aliphatic rings. The average Bonchev–Trinajstić information content (AvgIpc) is 3.16. The maximum absolute atomic E-state index is 13.8. The van der Waals surface area contributed by atoms with Gasteiger partial charge in [-0.2, -0.15) is 0 Å². The first-order chi connectivity index (χ1) is 17.4. The molecular weight excluding hydrogens is 474 g/mol. The summed E-state index contributed by atoms with van der Waals surface area (Å²) in [5.74, 6) is -0.688. The van der Waals surface area contributed by atoms with Gasteiger partial charge in [-0.15, -0.1) is 0 Å². The third-order valence-electron chi connectivity index (χ3n) is 7.36. The highest BCUT2D eigenvalue weighted by Gasteiger charge is 2.34. The van der Waals surface area contributed by atoms with Gasteiger partial charge in [0.2, 0.25) is 11.8 Å². The molecule has 3 aromatic carbocycles. The molecule has 0 bridgehead atoms. The molecule has 3 aromatic rings. The summed E-state index contributed by atoms with van der Waals surface area (Å²) in [6.45, 7) is 1.77. The third-order valence-corrected chi connectivity index (χ3v) is 7.73. The van der Waals surface area contributed by atoms with E-state index in [1.54, 1.807) is 19.1 Å². The molecule has 1 fully saturated rings. The zero-order valence-electron chi connectivity index (χ0n) is 20.4. The number of nitrogens with one attached hydrogen (secondary N) is 1. The van der Waals surface area contributed by atoms with Gasteiger partial charge >= 0.3 is 0 Å². The van der Waals surface area contributed by atoms with Crippen molar-refractivity contribution in [3.8, 4) is 0 Å². The van der Waals surface area contributed by atoms with Crippen LogP contribution in [0.5, 0.6) is 0 Å². The normalized spacial score (nSPS) is 16.3. The van der Waals surface area contributed by atoms with E-state index in [1.165, 1.54) is 16.2 Å². The fraction of sp³-hybridized carbons (Fsp3) is 0.345. The number of carbonyl (C=O) groups is 3. The van der Waals surface area contributed by atoms with Crippen LogP contribution in [0, 0.1) is 0 Å². The topological polar surface area (TPSA) is 69.7 Å². The van der Waals surface area contributed by atoms with Gasteiger partial charge in [0.1, 0.15) is 12.6 Å². The molecule has 1 N–H and O–H groups in total. The number of nitrogens with zero attached hydrogens (tertiary/aromatic N) is 2. The van der Waals surface area contributed by atoms with E-state index < -0.39 is 6.04 Å². The van der Waals surface area contributed by atoms with Crippen LogP contribution in [-0.2, 0) is 16.1 Å². The van der Waals surface area contributed by atoms with Crippen molar-refractivity contribution in [3.05, 3.63) is 76.8 Å². The molecule has 3 amide bonds. The first kappa shape index (κ1) is 24.3. The van der Waals surface area contributed by atoms with E-state index >= 15 is 0 Å². The van der Waals surface area contributed by atoms with E-state index in [-0.39, 0.29) is 36.9 Å². The highest BCUT2D eigenvalue weighted by molar-refractivity contribution is 6.31. The van der Waals surface area contributed by atoms with Gasteiger partial charge in [-0.3, -0.25) is 19.3 Å². The van der Waals surface area contributed by atoms with Crippen molar-refractivity contribution in [2.24, 2.45) is 0 Å². The largest absolute Gasteiger partial charge is 0.352 e. The van der Waals surface area contributed by atoms with Gasteiger partial charge in [-0.1, -0.05) is 73.3 Å². The van der Waals surface area contributed by atoms with E-state index in [0.29, 0.717) is 10.6 Å². The van der Waals surface area contributed by atoms with Gasteiger partial charge in [0, 0.05) is 28.6 Å². The summed E-state index contributed by atoms with van der Waals surface area (Å²) < 4.78 is 0. The zero-order chi connectivity index (χ0) is 25.2. The lowest BCUT2D eigenvalue weighted by atomic mass is 9.95. The summed E-state index contributed by atoms with van der Waals surface area (Å²) in [4.78, 5) is 43.4. The Morgan fingerprint density at radius 3 is 2.50 bits per heavy atom. The molecule has 36 heavy (non-hydrogen) atoms. The lowest BCUT2D eigenvalue weighted by Crippen LogP contribution is -2.52. The molecule has 1 heterocycles. The minimum Gasteiger partial charge on any atom is -0.352 e. The lowest BCUT2D eigenvalue weighted by molar-refractivity contribution is -0.139. The van der Waals surface area contributed by atoms with Crippen LogP contribution in [-0.4, -0.2) is 41.2 Å². The molecule has 1 saturated carbocycles. The van der Waals surface area contributed by atoms with E-state index in [4.69, 9.17) is 11.6 Å². The zero-order valence-corrected chi connectivity index (χ0v) is 21.1. The summed E-state index contributed by atoms with van der Waals surface area (Å²) in [7, 11) is 0. The highest BCUT2D eigenvalue weighted by Crippen LogP contribution is 2.37. The monoisotopic (exact) mass is 503 g/mol. The first-order valence-corrected chi connectivity index (χ1v) is 13.0. The Hall–Kier alpha value is -3.38. The number of anilines is 1. The van der Waals surface area contributed by atoms with Gasteiger partial charge < -0.3 is 10.2 Å². The summed E-state index contributed by atoms with van der Waals surface area (Å²) in [5, 5.41) is 5.49. The Labute approximate surface area is 216 Å². The predicted molar refractivity (Wildman–Crippen MR) is 142 cm³/mol. The minimum atomic E-state index is -0.716. The van der Waals surface area contributed by atoms with Crippen molar-refractivity contribution < 1.29 is 14.4 Å². The molecule has 5 rings (SSSR count). The van der Waals surface area contributed by atoms with Crippen molar-refractivity contribution >= 4 is 45.8 Å². The molecule has 0 saturated heterocycles. The fourth-order valence-electron chi connectivity index (χ4n) is 5.32. The van der Waals surface area contributed by atoms with Crippen molar-refractivity contribution in [2.45, 2.75) is 57.7 Å². The van der Waals surface area contributed by atoms with Crippen molar-refractivity contribution in [1.82, 2.24) is 10.2 Å². The molecule has 1 aliphatic heterocycles. The Morgan fingerprint density at radius 1 is 1.03 bits per heavy atom. The minimum absolute atomic E-state index is 0.137. The van der Waals surface area contributed by atoms with Crippen LogP contribution < -0.4 is 10.2 Å². The quantitative estimate of drug-likeness (QED) is 0.474. The molecule has 1 atom stereocenters. The van der Waals surface area contributed by atoms with Crippen LogP contribution in [0.4, 0.5) is 5.69 Å². The Balaban J connectivity index is 1.40. The van der Waals surface area contributed by atoms with Crippen molar-refractivity contribution in [2.75, 3.05) is 11.4 Å². The summed E-state index contributed by atoms with van der Waals surface area (Å²) in [6, 6.07) is 18.1. The second kappa shape index (κ2) is 10.3. The molecule has 0 unspecified atom stereocenters. The van der Waals surface area contributed by atoms with Crippen LogP contribution in [0.15, 0.2) is 60.7 Å². The number of hydrogen-bond donors (Lipinski definition) is 1. The summed E-state index contributed by atoms with van der Waals surface area (Å²) in [5.41, 5.74) is 2.07. The SMILES string of the molecule is C[C@@H](C(=O)NC1CCCCC1)N(Cc1ccccc1Cl)C(=O)CN1C(=O)c2cccc3cccc1c23. The van der Waals surface area contributed by atoms with Crippen LogP contribution in [0.3, 0.4) is 0 Å². The lowest BCUT2D eigenvalue weighted by Gasteiger charge is -2.32. The van der Waals surface area contributed by atoms with E-state index in [1.807, 2.05) is 48.5 Å². The number of rotatable bonds is 7. The summed E-state index contributed by atoms with van der Waals surface area (Å²) in [6.07, 6.45) is 5.32. The number of benzene rings is 3.